The highest BCUT2D eigenvalue weighted by Gasteiger charge is 2.31. The highest BCUT2D eigenvalue weighted by atomic mass is 35.5. The summed E-state index contributed by atoms with van der Waals surface area (Å²) < 4.78 is 0. The summed E-state index contributed by atoms with van der Waals surface area (Å²) in [4.78, 5) is 14.1. The Morgan fingerprint density at radius 2 is 2.32 bits per heavy atom. The molecule has 1 amide bonds. The van der Waals surface area contributed by atoms with Gasteiger partial charge in [-0.3, -0.25) is 4.79 Å². The van der Waals surface area contributed by atoms with Crippen LogP contribution in [0.15, 0.2) is 24.3 Å². The van der Waals surface area contributed by atoms with E-state index >= 15 is 0 Å². The Morgan fingerprint density at radius 3 is 2.95 bits per heavy atom. The molecule has 2 rings (SSSR count). The minimum Gasteiger partial charge on any atom is -0.334 e. The first-order valence-electron chi connectivity index (χ1n) is 6.45. The van der Waals surface area contributed by atoms with Crippen LogP contribution in [-0.4, -0.2) is 23.4 Å². The fourth-order valence-corrected chi connectivity index (χ4v) is 2.68. The molecule has 0 bridgehead atoms. The number of hydrogen-bond acceptors (Lipinski definition) is 2. The van der Waals surface area contributed by atoms with Gasteiger partial charge in [-0.2, -0.15) is 0 Å². The lowest BCUT2D eigenvalue weighted by atomic mass is 10.0. The molecule has 1 heterocycles. The van der Waals surface area contributed by atoms with Crippen molar-refractivity contribution in [2.24, 2.45) is 5.73 Å². The van der Waals surface area contributed by atoms with E-state index < -0.39 is 0 Å². The summed E-state index contributed by atoms with van der Waals surface area (Å²) in [7, 11) is 0. The van der Waals surface area contributed by atoms with Crippen molar-refractivity contribution in [1.29, 1.82) is 0 Å². The van der Waals surface area contributed by atoms with E-state index in [0.29, 0.717) is 11.4 Å². The maximum absolute atomic E-state index is 12.2. The van der Waals surface area contributed by atoms with Gasteiger partial charge in [-0.25, -0.2) is 0 Å². The van der Waals surface area contributed by atoms with Gasteiger partial charge in [0.1, 0.15) is 0 Å². The Morgan fingerprint density at radius 1 is 1.58 bits per heavy atom. The highest BCUT2D eigenvalue weighted by Crippen LogP contribution is 2.33. The number of carbonyl (C=O) groups is 1. The first kappa shape index (κ1) is 16.3. The van der Waals surface area contributed by atoms with Crippen LogP contribution in [0.5, 0.6) is 0 Å². The average molecular weight is 303 g/mol. The molecule has 19 heavy (non-hydrogen) atoms. The lowest BCUT2D eigenvalue weighted by molar-refractivity contribution is -0.133. The lowest BCUT2D eigenvalue weighted by Crippen LogP contribution is -2.43. The van der Waals surface area contributed by atoms with Crippen LogP contribution in [0.25, 0.3) is 0 Å². The Bertz CT molecular complexity index is 439. The van der Waals surface area contributed by atoms with Crippen LogP contribution in [0.3, 0.4) is 0 Å². The second-order valence-electron chi connectivity index (χ2n) is 4.76. The van der Waals surface area contributed by atoms with Crippen molar-refractivity contribution in [2.45, 2.75) is 38.3 Å². The summed E-state index contributed by atoms with van der Waals surface area (Å²) >= 11 is 6.01. The molecule has 1 aromatic carbocycles. The van der Waals surface area contributed by atoms with E-state index in [4.69, 9.17) is 17.3 Å². The molecule has 2 N–H and O–H groups in total. The Labute approximate surface area is 125 Å². The second kappa shape index (κ2) is 7.13. The fourth-order valence-electron chi connectivity index (χ4n) is 2.48. The topological polar surface area (TPSA) is 46.3 Å². The van der Waals surface area contributed by atoms with Gasteiger partial charge in [0.15, 0.2) is 0 Å². The van der Waals surface area contributed by atoms with Crippen molar-refractivity contribution < 1.29 is 4.79 Å². The van der Waals surface area contributed by atoms with Gasteiger partial charge in [-0.05, 0) is 37.0 Å². The summed E-state index contributed by atoms with van der Waals surface area (Å²) in [5.41, 5.74) is 6.96. The zero-order valence-corrected chi connectivity index (χ0v) is 12.6. The van der Waals surface area contributed by atoms with Crippen LogP contribution >= 0.6 is 24.0 Å². The Balaban J connectivity index is 0.00000180. The van der Waals surface area contributed by atoms with Gasteiger partial charge < -0.3 is 10.6 Å². The van der Waals surface area contributed by atoms with Crippen LogP contribution < -0.4 is 5.73 Å². The van der Waals surface area contributed by atoms with Gasteiger partial charge in [0.25, 0.3) is 0 Å². The van der Waals surface area contributed by atoms with Crippen molar-refractivity contribution in [2.75, 3.05) is 6.54 Å². The van der Waals surface area contributed by atoms with E-state index in [2.05, 4.69) is 0 Å². The van der Waals surface area contributed by atoms with Crippen LogP contribution in [0.4, 0.5) is 0 Å². The van der Waals surface area contributed by atoms with E-state index in [9.17, 15) is 4.79 Å². The van der Waals surface area contributed by atoms with Crippen LogP contribution in [0.1, 0.15) is 37.8 Å². The number of nitrogens with two attached hydrogens (primary N) is 1. The van der Waals surface area contributed by atoms with Gasteiger partial charge in [0.05, 0.1) is 12.1 Å². The molecule has 5 heteroatoms. The van der Waals surface area contributed by atoms with Crippen LogP contribution in [0.2, 0.25) is 5.02 Å². The third-order valence-electron chi connectivity index (χ3n) is 3.53. The Hall–Kier alpha value is -0.770. The summed E-state index contributed by atoms with van der Waals surface area (Å²) in [5, 5.41) is 0.714. The van der Waals surface area contributed by atoms with E-state index in [1.165, 1.54) is 0 Å². The van der Waals surface area contributed by atoms with E-state index in [0.717, 1.165) is 24.9 Å². The van der Waals surface area contributed by atoms with Gasteiger partial charge in [0.2, 0.25) is 5.91 Å². The molecule has 106 valence electrons. The van der Waals surface area contributed by atoms with Gasteiger partial charge in [-0.1, -0.05) is 30.7 Å². The van der Waals surface area contributed by atoms with Crippen molar-refractivity contribution in [3.8, 4) is 0 Å². The smallest absolute Gasteiger partial charge is 0.239 e. The molecule has 2 atom stereocenters. The maximum Gasteiger partial charge on any atom is 0.239 e. The molecule has 0 spiro atoms. The number of benzene rings is 1. The minimum atomic E-state index is -0.384. The predicted molar refractivity (Wildman–Crippen MR) is 80.7 cm³/mol. The SMILES string of the molecule is CC[C@H](N)C(=O)N1CCCC1c1cccc(Cl)c1.Cl. The van der Waals surface area contributed by atoms with Crippen molar-refractivity contribution in [3.63, 3.8) is 0 Å². The molecule has 1 aliphatic rings. The number of amides is 1. The molecular formula is C14H20Cl2N2O. The molecular weight excluding hydrogens is 283 g/mol. The minimum absolute atomic E-state index is 0. The number of likely N-dealkylation sites (tertiary alicyclic amines) is 1. The molecule has 0 aromatic heterocycles. The molecule has 1 saturated heterocycles. The second-order valence-corrected chi connectivity index (χ2v) is 5.20. The van der Waals surface area contributed by atoms with E-state index in [-0.39, 0.29) is 30.4 Å². The van der Waals surface area contributed by atoms with Gasteiger partial charge >= 0.3 is 0 Å². The summed E-state index contributed by atoms with van der Waals surface area (Å²) in [6, 6.07) is 7.50. The molecule has 0 radical (unpaired) electrons. The normalized spacial score (nSPS) is 19.9. The van der Waals surface area contributed by atoms with Crippen LogP contribution in [-0.2, 0) is 4.79 Å². The van der Waals surface area contributed by atoms with E-state index in [1.54, 1.807) is 0 Å². The monoisotopic (exact) mass is 302 g/mol. The number of nitrogens with zero attached hydrogens (tertiary/aromatic N) is 1. The standard InChI is InChI=1S/C14H19ClN2O.ClH/c1-2-12(16)14(18)17-8-4-7-13(17)10-5-3-6-11(15)9-10;/h3,5-6,9,12-13H,2,4,7-8,16H2,1H3;1H/t12-,13?;/m0./s1. The third kappa shape index (κ3) is 3.62. The zero-order valence-electron chi connectivity index (χ0n) is 11.0. The first-order chi connectivity index (χ1) is 8.63. The third-order valence-corrected chi connectivity index (χ3v) is 3.76. The first-order valence-corrected chi connectivity index (χ1v) is 6.82. The Kier molecular flexibility index (Phi) is 6.11. The average Bonchev–Trinajstić information content (AvgIpc) is 2.86. The quantitative estimate of drug-likeness (QED) is 0.932. The summed E-state index contributed by atoms with van der Waals surface area (Å²) in [6.07, 6.45) is 2.69. The number of rotatable bonds is 3. The maximum atomic E-state index is 12.2. The molecule has 1 fully saturated rings. The van der Waals surface area contributed by atoms with Crippen molar-refractivity contribution >= 4 is 29.9 Å². The molecule has 1 aliphatic heterocycles. The summed E-state index contributed by atoms with van der Waals surface area (Å²) in [5.74, 6) is 0.0555. The fraction of sp³-hybridized carbons (Fsp3) is 0.500. The lowest BCUT2D eigenvalue weighted by Gasteiger charge is -2.27. The number of carbonyl (C=O) groups excluding carboxylic acids is 1. The molecule has 3 nitrogen and oxygen atoms in total. The molecule has 0 aliphatic carbocycles. The number of hydrogen-bond donors (Lipinski definition) is 1. The highest BCUT2D eigenvalue weighted by molar-refractivity contribution is 6.30. The largest absolute Gasteiger partial charge is 0.334 e. The number of halogens is 2. The predicted octanol–water partition coefficient (Wildman–Crippen LogP) is 3.16. The summed E-state index contributed by atoms with van der Waals surface area (Å²) in [6.45, 7) is 2.73. The zero-order chi connectivity index (χ0) is 13.1. The van der Waals surface area contributed by atoms with Crippen LogP contribution in [0, 0.1) is 0 Å². The van der Waals surface area contributed by atoms with Crippen molar-refractivity contribution in [3.05, 3.63) is 34.9 Å². The van der Waals surface area contributed by atoms with Gasteiger partial charge in [0, 0.05) is 11.6 Å². The van der Waals surface area contributed by atoms with E-state index in [1.807, 2.05) is 36.1 Å². The molecule has 1 unspecified atom stereocenters. The molecule has 1 aromatic rings. The van der Waals surface area contributed by atoms with Crippen molar-refractivity contribution in [1.82, 2.24) is 4.90 Å². The molecule has 0 saturated carbocycles. The van der Waals surface area contributed by atoms with Gasteiger partial charge in [-0.15, -0.1) is 12.4 Å².